The molecule has 1 aromatic carbocycles. The molecule has 0 aliphatic carbocycles. The van der Waals surface area contributed by atoms with Gasteiger partial charge in [0.05, 0.1) is 0 Å². The fraction of sp³-hybridized carbons (Fsp3) is 0.667. The van der Waals surface area contributed by atoms with Crippen molar-refractivity contribution in [2.75, 3.05) is 7.11 Å². The van der Waals surface area contributed by atoms with Crippen molar-refractivity contribution >= 4 is 8.80 Å². The van der Waals surface area contributed by atoms with Crippen molar-refractivity contribution in [1.29, 1.82) is 0 Å². The average Bonchev–Trinajstić information content (AvgIpc) is 2.47. The van der Waals surface area contributed by atoms with Crippen molar-refractivity contribution in [3.05, 3.63) is 35.1 Å². The number of hydrogen-bond donors (Lipinski definition) is 0. The molecule has 0 heterocycles. The van der Waals surface area contributed by atoms with Gasteiger partial charge in [-0.25, -0.2) is 13.2 Å². The summed E-state index contributed by atoms with van der Waals surface area (Å²) >= 11 is 0. The van der Waals surface area contributed by atoms with Gasteiger partial charge in [-0.2, -0.15) is 0 Å². The molecule has 1 rings (SSSR count). The second-order valence-corrected chi connectivity index (χ2v) is 9.37. The number of rotatable bonds is 11. The summed E-state index contributed by atoms with van der Waals surface area (Å²) in [5, 5.41) is 0. The lowest BCUT2D eigenvalue weighted by molar-refractivity contribution is 0.0323. The lowest BCUT2D eigenvalue weighted by atomic mass is 10.1. The maximum atomic E-state index is 13.6. The molecule has 0 atom stereocenters. The van der Waals surface area contributed by atoms with Gasteiger partial charge in [-0.15, -0.1) is 0 Å². The molecule has 0 aromatic heterocycles. The normalized spacial score (nSPS) is 12.4. The van der Waals surface area contributed by atoms with Crippen LogP contribution in [0.15, 0.2) is 12.1 Å². The molecule has 3 nitrogen and oxygen atoms in total. The van der Waals surface area contributed by atoms with Crippen LogP contribution in [-0.4, -0.2) is 28.1 Å². The van der Waals surface area contributed by atoms with Crippen molar-refractivity contribution < 1.29 is 26.4 Å². The van der Waals surface area contributed by atoms with Gasteiger partial charge in [-0.05, 0) is 47.0 Å². The van der Waals surface area contributed by atoms with E-state index in [0.29, 0.717) is 24.6 Å². The van der Waals surface area contributed by atoms with Crippen LogP contribution in [0, 0.1) is 17.5 Å². The van der Waals surface area contributed by atoms with Gasteiger partial charge < -0.3 is 13.3 Å². The molecule has 0 aliphatic rings. The number of hydrogen-bond acceptors (Lipinski definition) is 3. The molecule has 0 aliphatic heterocycles. The quantitative estimate of drug-likeness (QED) is 0.389. The first-order valence-electron chi connectivity index (χ1n) is 8.73. The van der Waals surface area contributed by atoms with Crippen molar-refractivity contribution in [3.63, 3.8) is 0 Å². The minimum Gasteiger partial charge on any atom is -0.377 e. The molecule has 144 valence electrons. The fourth-order valence-corrected chi connectivity index (χ4v) is 5.50. The van der Waals surface area contributed by atoms with E-state index in [0.717, 1.165) is 12.8 Å². The van der Waals surface area contributed by atoms with Crippen LogP contribution in [0.4, 0.5) is 13.2 Å². The van der Waals surface area contributed by atoms with Crippen molar-refractivity contribution in [3.8, 4) is 0 Å². The van der Waals surface area contributed by atoms with E-state index in [1.165, 1.54) is 0 Å². The predicted molar refractivity (Wildman–Crippen MR) is 93.9 cm³/mol. The Morgan fingerprint density at radius 3 is 1.84 bits per heavy atom. The minimum absolute atomic E-state index is 0.00669. The molecular weight excluding hydrogens is 349 g/mol. The molecule has 0 amide bonds. The SMILES string of the molecule is CO[Si](CCCCCc1c(F)cc(F)cc1F)(OC(C)C)OC(C)C. The topological polar surface area (TPSA) is 27.7 Å². The molecule has 0 bridgehead atoms. The van der Waals surface area contributed by atoms with E-state index in [9.17, 15) is 13.2 Å². The molecule has 0 unspecified atom stereocenters. The number of halogens is 3. The van der Waals surface area contributed by atoms with E-state index < -0.39 is 26.3 Å². The maximum Gasteiger partial charge on any atom is 0.501 e. The standard InChI is InChI=1S/C18H29F3O3Si/c1-13(2)23-25(22-5,24-14(3)4)10-8-6-7-9-16-17(20)11-15(19)12-18(16)21/h11-14H,6-10H2,1-5H3. The number of unbranched alkanes of at least 4 members (excludes halogenated alkanes) is 2. The molecule has 0 fully saturated rings. The smallest absolute Gasteiger partial charge is 0.377 e. The number of benzene rings is 1. The zero-order valence-electron chi connectivity index (χ0n) is 15.7. The zero-order chi connectivity index (χ0) is 19.0. The van der Waals surface area contributed by atoms with Crippen LogP contribution in [0.3, 0.4) is 0 Å². The highest BCUT2D eigenvalue weighted by atomic mass is 28.4. The van der Waals surface area contributed by atoms with Crippen LogP contribution < -0.4 is 0 Å². The van der Waals surface area contributed by atoms with Gasteiger partial charge in [-0.1, -0.05) is 6.42 Å². The Bertz CT molecular complexity index is 505. The summed E-state index contributed by atoms with van der Waals surface area (Å²) in [6, 6.07) is 2.08. The van der Waals surface area contributed by atoms with E-state index >= 15 is 0 Å². The Balaban J connectivity index is 2.54. The van der Waals surface area contributed by atoms with Gasteiger partial charge in [-0.3, -0.25) is 0 Å². The molecule has 0 N–H and O–H groups in total. The summed E-state index contributed by atoms with van der Waals surface area (Å²) in [5.41, 5.74) is -0.0616. The summed E-state index contributed by atoms with van der Waals surface area (Å²) in [6.45, 7) is 7.74. The first-order valence-corrected chi connectivity index (χ1v) is 10.7. The Kier molecular flexibility index (Phi) is 9.13. The molecule has 1 aromatic rings. The molecule has 0 radical (unpaired) electrons. The Labute approximate surface area is 149 Å². The van der Waals surface area contributed by atoms with Crippen molar-refractivity contribution in [2.45, 2.75) is 71.6 Å². The van der Waals surface area contributed by atoms with E-state index in [4.69, 9.17) is 13.3 Å². The lowest BCUT2D eigenvalue weighted by Gasteiger charge is -2.31. The van der Waals surface area contributed by atoms with Crippen LogP contribution in [0.1, 0.15) is 52.5 Å². The van der Waals surface area contributed by atoms with Crippen molar-refractivity contribution in [1.82, 2.24) is 0 Å². The Hall–Kier alpha value is -0.893. The Morgan fingerprint density at radius 2 is 1.40 bits per heavy atom. The summed E-state index contributed by atoms with van der Waals surface area (Å²) in [6.07, 6.45) is 2.33. The Morgan fingerprint density at radius 1 is 0.880 bits per heavy atom. The average molecular weight is 379 g/mol. The summed E-state index contributed by atoms with van der Waals surface area (Å²) in [5.74, 6) is -2.56. The summed E-state index contributed by atoms with van der Waals surface area (Å²) < 4.78 is 57.7. The van der Waals surface area contributed by atoms with Crippen LogP contribution in [-0.2, 0) is 19.7 Å². The van der Waals surface area contributed by atoms with Gasteiger partial charge in [0, 0.05) is 43.1 Å². The van der Waals surface area contributed by atoms with Crippen LogP contribution in [0.2, 0.25) is 6.04 Å². The van der Waals surface area contributed by atoms with Gasteiger partial charge in [0.25, 0.3) is 0 Å². The summed E-state index contributed by atoms with van der Waals surface area (Å²) in [4.78, 5) is 0. The van der Waals surface area contributed by atoms with E-state index in [1.807, 2.05) is 27.7 Å². The highest BCUT2D eigenvalue weighted by Crippen LogP contribution is 2.23. The van der Waals surface area contributed by atoms with Crippen LogP contribution >= 0.6 is 0 Å². The summed E-state index contributed by atoms with van der Waals surface area (Å²) in [7, 11) is -1.15. The molecule has 7 heteroatoms. The van der Waals surface area contributed by atoms with Gasteiger partial charge in [0.2, 0.25) is 0 Å². The molecule has 25 heavy (non-hydrogen) atoms. The van der Waals surface area contributed by atoms with Gasteiger partial charge in [0.15, 0.2) is 0 Å². The van der Waals surface area contributed by atoms with Crippen molar-refractivity contribution in [2.24, 2.45) is 0 Å². The van der Waals surface area contributed by atoms with Gasteiger partial charge in [0.1, 0.15) is 17.5 Å². The zero-order valence-corrected chi connectivity index (χ0v) is 16.7. The maximum absolute atomic E-state index is 13.6. The first-order chi connectivity index (χ1) is 11.7. The second-order valence-electron chi connectivity index (χ2n) is 6.63. The third-order valence-corrected chi connectivity index (χ3v) is 6.91. The third-order valence-electron chi connectivity index (χ3n) is 3.66. The van der Waals surface area contributed by atoms with E-state index in [1.54, 1.807) is 7.11 Å². The fourth-order valence-electron chi connectivity index (χ4n) is 2.69. The lowest BCUT2D eigenvalue weighted by Crippen LogP contribution is -2.48. The monoisotopic (exact) mass is 378 g/mol. The highest BCUT2D eigenvalue weighted by molar-refractivity contribution is 6.60. The minimum atomic E-state index is -2.75. The van der Waals surface area contributed by atoms with E-state index in [-0.39, 0.29) is 24.2 Å². The molecular formula is C18H29F3O3Si. The van der Waals surface area contributed by atoms with Gasteiger partial charge >= 0.3 is 8.80 Å². The van der Waals surface area contributed by atoms with Crippen LogP contribution in [0.25, 0.3) is 0 Å². The third kappa shape index (κ3) is 7.48. The molecule has 0 spiro atoms. The van der Waals surface area contributed by atoms with E-state index in [2.05, 4.69) is 0 Å². The molecule has 0 saturated heterocycles. The molecule has 0 saturated carbocycles. The predicted octanol–water partition coefficient (Wildman–Crippen LogP) is 5.25. The first kappa shape index (κ1) is 22.1. The van der Waals surface area contributed by atoms with Crippen LogP contribution in [0.5, 0.6) is 0 Å². The largest absolute Gasteiger partial charge is 0.501 e. The second kappa shape index (κ2) is 10.3. The highest BCUT2D eigenvalue weighted by Gasteiger charge is 2.41.